The van der Waals surface area contributed by atoms with Gasteiger partial charge in [0, 0.05) is 0 Å². The van der Waals surface area contributed by atoms with Crippen LogP contribution in [0.4, 0.5) is 0 Å². The lowest BCUT2D eigenvalue weighted by molar-refractivity contribution is -0.143. The van der Waals surface area contributed by atoms with Crippen molar-refractivity contribution in [3.05, 3.63) is 23.8 Å². The fourth-order valence-corrected chi connectivity index (χ4v) is 1.54. The molecule has 0 saturated heterocycles. The summed E-state index contributed by atoms with van der Waals surface area (Å²) in [7, 11) is 0. The highest BCUT2D eigenvalue weighted by atomic mass is 16.5. The second-order valence-electron chi connectivity index (χ2n) is 3.34. The van der Waals surface area contributed by atoms with Crippen molar-refractivity contribution in [3.8, 4) is 11.5 Å². The molecule has 0 saturated carbocycles. The zero-order valence-corrected chi connectivity index (χ0v) is 7.43. The van der Waals surface area contributed by atoms with Crippen molar-refractivity contribution in [2.24, 2.45) is 5.92 Å². The molecular formula is C10H10O4. The number of aliphatic carboxylic acids is 1. The molecule has 0 aromatic heterocycles. The van der Waals surface area contributed by atoms with Crippen LogP contribution < -0.4 is 4.74 Å². The van der Waals surface area contributed by atoms with E-state index in [9.17, 15) is 9.90 Å². The zero-order chi connectivity index (χ0) is 10.1. The number of carbonyl (C=O) groups is 1. The van der Waals surface area contributed by atoms with Gasteiger partial charge in [0.05, 0.1) is 5.92 Å². The summed E-state index contributed by atoms with van der Waals surface area (Å²) in [4.78, 5) is 10.7. The van der Waals surface area contributed by atoms with E-state index in [1.165, 1.54) is 6.07 Å². The van der Waals surface area contributed by atoms with E-state index in [4.69, 9.17) is 9.84 Å². The number of phenols is 1. The third kappa shape index (κ3) is 1.51. The Labute approximate surface area is 80.7 Å². The van der Waals surface area contributed by atoms with Gasteiger partial charge in [0.2, 0.25) is 0 Å². The second-order valence-corrected chi connectivity index (χ2v) is 3.34. The van der Waals surface area contributed by atoms with Crippen molar-refractivity contribution in [3.63, 3.8) is 0 Å². The van der Waals surface area contributed by atoms with Crippen LogP contribution >= 0.6 is 0 Å². The number of fused-ring (bicyclic) bond motifs is 1. The van der Waals surface area contributed by atoms with Gasteiger partial charge in [-0.1, -0.05) is 0 Å². The van der Waals surface area contributed by atoms with E-state index in [1.54, 1.807) is 12.1 Å². The number of rotatable bonds is 1. The Balaban J connectivity index is 2.29. The fraction of sp³-hybridized carbons (Fsp3) is 0.300. The largest absolute Gasteiger partial charge is 0.508 e. The fourth-order valence-electron chi connectivity index (χ4n) is 1.54. The van der Waals surface area contributed by atoms with Gasteiger partial charge < -0.3 is 14.9 Å². The van der Waals surface area contributed by atoms with Crippen LogP contribution in [0, 0.1) is 5.92 Å². The number of hydrogen-bond donors (Lipinski definition) is 2. The van der Waals surface area contributed by atoms with Gasteiger partial charge in [-0.15, -0.1) is 0 Å². The number of phenolic OH excluding ortho intramolecular Hbond substituents is 1. The number of carboxylic acid groups (broad SMARTS) is 1. The quantitative estimate of drug-likeness (QED) is 0.700. The van der Waals surface area contributed by atoms with Gasteiger partial charge >= 0.3 is 5.97 Å². The molecule has 0 radical (unpaired) electrons. The lowest BCUT2D eigenvalue weighted by Crippen LogP contribution is -2.27. The van der Waals surface area contributed by atoms with Crippen LogP contribution in [-0.4, -0.2) is 22.8 Å². The molecule has 14 heavy (non-hydrogen) atoms. The second kappa shape index (κ2) is 3.21. The molecule has 0 amide bonds. The maximum Gasteiger partial charge on any atom is 0.310 e. The summed E-state index contributed by atoms with van der Waals surface area (Å²) >= 11 is 0. The minimum Gasteiger partial charge on any atom is -0.508 e. The Hall–Kier alpha value is -1.71. The van der Waals surface area contributed by atoms with Crippen molar-refractivity contribution in [2.75, 3.05) is 6.61 Å². The number of benzene rings is 1. The third-order valence-corrected chi connectivity index (χ3v) is 2.30. The van der Waals surface area contributed by atoms with Crippen LogP contribution in [0.1, 0.15) is 5.56 Å². The molecule has 0 fully saturated rings. The summed E-state index contributed by atoms with van der Waals surface area (Å²) < 4.78 is 5.26. The van der Waals surface area contributed by atoms with Crippen LogP contribution in [-0.2, 0) is 11.2 Å². The van der Waals surface area contributed by atoms with Gasteiger partial charge in [0.15, 0.2) is 0 Å². The monoisotopic (exact) mass is 194 g/mol. The Morgan fingerprint density at radius 2 is 2.29 bits per heavy atom. The molecule has 2 rings (SSSR count). The number of carboxylic acids is 1. The van der Waals surface area contributed by atoms with Crippen molar-refractivity contribution >= 4 is 5.97 Å². The molecule has 1 heterocycles. The van der Waals surface area contributed by atoms with Gasteiger partial charge in [-0.2, -0.15) is 0 Å². The molecule has 0 unspecified atom stereocenters. The molecule has 1 atom stereocenters. The number of ether oxygens (including phenoxy) is 1. The Bertz CT molecular complexity index is 372. The average molecular weight is 194 g/mol. The SMILES string of the molecule is O=C(O)[C@H]1COc2ccc(O)cc2C1. The van der Waals surface area contributed by atoms with E-state index in [1.807, 2.05) is 0 Å². The lowest BCUT2D eigenvalue weighted by atomic mass is 9.97. The topological polar surface area (TPSA) is 66.8 Å². The van der Waals surface area contributed by atoms with Crippen LogP contribution in [0.5, 0.6) is 11.5 Å². The molecular weight excluding hydrogens is 184 g/mol. The Kier molecular flexibility index (Phi) is 2.04. The van der Waals surface area contributed by atoms with Gasteiger partial charge in [-0.3, -0.25) is 4.79 Å². The molecule has 0 spiro atoms. The standard InChI is InChI=1S/C10H10O4/c11-8-1-2-9-6(4-8)3-7(5-14-9)10(12)13/h1-2,4,7,11H,3,5H2,(H,12,13)/t7-/m1/s1. The summed E-state index contributed by atoms with van der Waals surface area (Å²) in [6, 6.07) is 4.73. The summed E-state index contributed by atoms with van der Waals surface area (Å²) in [5.41, 5.74) is 0.753. The van der Waals surface area contributed by atoms with E-state index < -0.39 is 11.9 Å². The maximum atomic E-state index is 10.7. The molecule has 2 N–H and O–H groups in total. The lowest BCUT2D eigenvalue weighted by Gasteiger charge is -2.22. The van der Waals surface area contributed by atoms with E-state index >= 15 is 0 Å². The number of hydrogen-bond acceptors (Lipinski definition) is 3. The van der Waals surface area contributed by atoms with Gasteiger partial charge in [0.1, 0.15) is 18.1 Å². The first-order valence-corrected chi connectivity index (χ1v) is 4.34. The molecule has 1 aromatic carbocycles. The third-order valence-electron chi connectivity index (χ3n) is 2.30. The summed E-state index contributed by atoms with van der Waals surface area (Å²) in [6.45, 7) is 0.201. The Morgan fingerprint density at radius 3 is 3.00 bits per heavy atom. The minimum absolute atomic E-state index is 0.137. The van der Waals surface area contributed by atoms with E-state index in [2.05, 4.69) is 0 Å². The minimum atomic E-state index is -0.862. The molecule has 4 heteroatoms. The van der Waals surface area contributed by atoms with Gasteiger partial charge in [-0.25, -0.2) is 0 Å². The molecule has 1 aromatic rings. The predicted octanol–water partition coefficient (Wildman–Crippen LogP) is 1.03. The first-order valence-electron chi connectivity index (χ1n) is 4.34. The van der Waals surface area contributed by atoms with E-state index in [0.717, 1.165) is 5.56 Å². The van der Waals surface area contributed by atoms with Crippen molar-refractivity contribution in [1.82, 2.24) is 0 Å². The molecule has 0 bridgehead atoms. The highest BCUT2D eigenvalue weighted by molar-refractivity contribution is 5.71. The first-order chi connectivity index (χ1) is 6.66. The molecule has 0 aliphatic carbocycles. The van der Waals surface area contributed by atoms with Crippen molar-refractivity contribution in [2.45, 2.75) is 6.42 Å². The predicted molar refractivity (Wildman–Crippen MR) is 48.4 cm³/mol. The number of aromatic hydroxyl groups is 1. The summed E-state index contributed by atoms with van der Waals surface area (Å²) in [5.74, 6) is -0.568. The molecule has 74 valence electrons. The van der Waals surface area contributed by atoms with Crippen LogP contribution in [0.3, 0.4) is 0 Å². The van der Waals surface area contributed by atoms with Gasteiger partial charge in [0.25, 0.3) is 0 Å². The highest BCUT2D eigenvalue weighted by Crippen LogP contribution is 2.30. The van der Waals surface area contributed by atoms with E-state index in [-0.39, 0.29) is 12.4 Å². The average Bonchev–Trinajstić information content (AvgIpc) is 2.16. The summed E-state index contributed by atoms with van der Waals surface area (Å²) in [6.07, 6.45) is 0.416. The van der Waals surface area contributed by atoms with E-state index in [0.29, 0.717) is 12.2 Å². The van der Waals surface area contributed by atoms with Crippen molar-refractivity contribution < 1.29 is 19.7 Å². The van der Waals surface area contributed by atoms with Crippen LogP contribution in [0.15, 0.2) is 18.2 Å². The molecule has 1 aliphatic rings. The van der Waals surface area contributed by atoms with Crippen LogP contribution in [0.25, 0.3) is 0 Å². The van der Waals surface area contributed by atoms with Crippen molar-refractivity contribution in [1.29, 1.82) is 0 Å². The Morgan fingerprint density at radius 1 is 1.50 bits per heavy atom. The normalized spacial score (nSPS) is 19.6. The smallest absolute Gasteiger partial charge is 0.310 e. The van der Waals surface area contributed by atoms with Gasteiger partial charge in [-0.05, 0) is 30.2 Å². The first kappa shape index (κ1) is 8.87. The summed E-state index contributed by atoms with van der Waals surface area (Å²) in [5, 5.41) is 18.0. The molecule has 4 nitrogen and oxygen atoms in total. The highest BCUT2D eigenvalue weighted by Gasteiger charge is 2.25. The molecule has 1 aliphatic heterocycles. The maximum absolute atomic E-state index is 10.7. The zero-order valence-electron chi connectivity index (χ0n) is 7.43. The van der Waals surface area contributed by atoms with Crippen LogP contribution in [0.2, 0.25) is 0 Å².